The summed E-state index contributed by atoms with van der Waals surface area (Å²) in [5, 5.41) is 25.3. The maximum Gasteiger partial charge on any atom is 0.418 e. The first-order valence-electron chi connectivity index (χ1n) is 18.5. The lowest BCUT2D eigenvalue weighted by Gasteiger charge is -2.39. The van der Waals surface area contributed by atoms with Crippen molar-refractivity contribution < 1.29 is 36.7 Å². The van der Waals surface area contributed by atoms with E-state index in [0.29, 0.717) is 42.8 Å². The topological polar surface area (TPSA) is 187 Å². The van der Waals surface area contributed by atoms with E-state index < -0.39 is 64.7 Å². The Morgan fingerprint density at radius 3 is 2.31 bits per heavy atom. The molecule has 0 aliphatic heterocycles. The van der Waals surface area contributed by atoms with Crippen LogP contribution in [0.1, 0.15) is 81.6 Å². The first-order valence-corrected chi connectivity index (χ1v) is 18.5. The monoisotopic (exact) mass is 769 g/mol. The Hall–Kier alpha value is -5.35. The Labute approximate surface area is 315 Å². The molecule has 2 aromatic heterocycles. The molecule has 2 heterocycles. The second-order valence-electron chi connectivity index (χ2n) is 14.3. The molecule has 5 atom stereocenters. The van der Waals surface area contributed by atoms with Crippen molar-refractivity contribution in [2.75, 3.05) is 6.54 Å². The van der Waals surface area contributed by atoms with Crippen molar-refractivity contribution in [3.63, 3.8) is 0 Å². The van der Waals surface area contributed by atoms with Gasteiger partial charge in [-0.3, -0.25) is 19.2 Å². The summed E-state index contributed by atoms with van der Waals surface area (Å²) in [5.41, 5.74) is -1.66. The number of alkyl halides is 3. The van der Waals surface area contributed by atoms with Crippen molar-refractivity contribution >= 4 is 34.5 Å². The lowest BCUT2D eigenvalue weighted by molar-refractivity contribution is -0.139. The van der Waals surface area contributed by atoms with E-state index in [1.165, 1.54) is 30.3 Å². The molecule has 1 aliphatic carbocycles. The molecule has 6 N–H and O–H groups in total. The maximum atomic E-state index is 14.7. The summed E-state index contributed by atoms with van der Waals surface area (Å²) in [4.78, 5) is 58.7. The van der Waals surface area contributed by atoms with Gasteiger partial charge in [-0.1, -0.05) is 76.1 Å². The third-order valence-electron chi connectivity index (χ3n) is 10.6. The van der Waals surface area contributed by atoms with Crippen LogP contribution in [0.4, 0.5) is 17.6 Å². The zero-order valence-corrected chi connectivity index (χ0v) is 31.2. The molecule has 296 valence electrons. The predicted molar refractivity (Wildman–Crippen MR) is 195 cm³/mol. The van der Waals surface area contributed by atoms with Gasteiger partial charge in [-0.25, -0.2) is 4.39 Å². The molecule has 4 aromatic rings. The molecule has 2 aromatic carbocycles. The fourth-order valence-corrected chi connectivity index (χ4v) is 6.96. The first-order chi connectivity index (χ1) is 26.2. The highest BCUT2D eigenvalue weighted by Gasteiger charge is 2.47. The molecule has 17 heteroatoms. The number of nitrogens with zero attached hydrogens (tertiary/aromatic N) is 3. The van der Waals surface area contributed by atoms with Crippen LogP contribution in [-0.2, 0) is 51.0 Å². The molecular formula is C38H47F4N9O4. The Morgan fingerprint density at radius 1 is 0.945 bits per heavy atom. The fourth-order valence-electron chi connectivity index (χ4n) is 6.96. The molecule has 5 rings (SSSR count). The number of amides is 4. The number of aromatic amines is 2. The van der Waals surface area contributed by atoms with E-state index in [0.717, 1.165) is 6.07 Å². The summed E-state index contributed by atoms with van der Waals surface area (Å²) in [5.74, 6) is -3.33. The normalized spacial score (nSPS) is 17.7. The van der Waals surface area contributed by atoms with Gasteiger partial charge in [0, 0.05) is 30.5 Å². The number of aryl methyl sites for hydroxylation is 2. The first kappa shape index (κ1) is 40.8. The zero-order chi connectivity index (χ0) is 39.9. The fraction of sp³-hybridized carbons (Fsp3) is 0.500. The predicted octanol–water partition coefficient (Wildman–Crippen LogP) is 4.24. The summed E-state index contributed by atoms with van der Waals surface area (Å²) >= 11 is 0. The van der Waals surface area contributed by atoms with Gasteiger partial charge < -0.3 is 26.3 Å². The van der Waals surface area contributed by atoms with E-state index in [4.69, 9.17) is 0 Å². The quantitative estimate of drug-likeness (QED) is 0.0727. The van der Waals surface area contributed by atoms with Crippen LogP contribution in [0.2, 0.25) is 0 Å². The van der Waals surface area contributed by atoms with E-state index in [-0.39, 0.29) is 54.6 Å². The van der Waals surface area contributed by atoms with E-state index in [1.54, 1.807) is 19.9 Å². The van der Waals surface area contributed by atoms with E-state index in [9.17, 15) is 36.7 Å². The third kappa shape index (κ3) is 9.49. The summed E-state index contributed by atoms with van der Waals surface area (Å²) in [7, 11) is 0. The number of rotatable bonds is 16. The molecule has 0 bridgehead atoms. The number of para-hydroxylation sites is 1. The number of H-pyrrole nitrogens is 2. The van der Waals surface area contributed by atoms with Crippen LogP contribution in [0, 0.1) is 17.7 Å². The molecule has 0 radical (unpaired) electrons. The van der Waals surface area contributed by atoms with Crippen LogP contribution in [0.15, 0.2) is 42.5 Å². The van der Waals surface area contributed by atoms with Gasteiger partial charge >= 0.3 is 6.18 Å². The number of tetrazole rings is 1. The highest BCUT2D eigenvalue weighted by molar-refractivity contribution is 5.98. The SMILES string of the molecule is CCC(C)[C@H](NC(=O)Cc1ccccc1F)C(=O)N[C@]1(C(=O)NC(C(=O)NCCCc2nn[nH]n2)[C@@H](C)CC)CCc2[nH]c3c(C(F)(F)F)cccc3c2C1. The molecule has 0 saturated heterocycles. The molecule has 55 heavy (non-hydrogen) atoms. The Bertz CT molecular complexity index is 1980. The number of fused-ring (bicyclic) bond motifs is 3. The third-order valence-corrected chi connectivity index (χ3v) is 10.6. The van der Waals surface area contributed by atoms with Crippen LogP contribution < -0.4 is 21.3 Å². The minimum atomic E-state index is -4.65. The summed E-state index contributed by atoms with van der Waals surface area (Å²) in [6.07, 6.45) is -3.21. The van der Waals surface area contributed by atoms with Gasteiger partial charge in [0.15, 0.2) is 5.82 Å². The lowest BCUT2D eigenvalue weighted by atomic mass is 9.78. The van der Waals surface area contributed by atoms with Crippen molar-refractivity contribution in [1.29, 1.82) is 0 Å². The Balaban J connectivity index is 1.45. The van der Waals surface area contributed by atoms with Crippen molar-refractivity contribution in [1.82, 2.24) is 46.9 Å². The van der Waals surface area contributed by atoms with Gasteiger partial charge in [0.05, 0.1) is 17.5 Å². The number of benzene rings is 2. The summed E-state index contributed by atoms with van der Waals surface area (Å²) in [6.45, 7) is 7.49. The average molecular weight is 770 g/mol. The average Bonchev–Trinajstić information content (AvgIpc) is 3.82. The van der Waals surface area contributed by atoms with Crippen molar-refractivity contribution in [2.24, 2.45) is 11.8 Å². The minimum Gasteiger partial charge on any atom is -0.358 e. The number of nitrogens with one attached hydrogen (secondary N) is 6. The molecular weight excluding hydrogens is 722 g/mol. The number of carbonyl (C=O) groups is 4. The van der Waals surface area contributed by atoms with Gasteiger partial charge in [-0.2, -0.15) is 18.4 Å². The summed E-state index contributed by atoms with van der Waals surface area (Å²) < 4.78 is 56.6. The number of aromatic nitrogens is 5. The molecule has 2 unspecified atom stereocenters. The minimum absolute atomic E-state index is 0.0261. The lowest BCUT2D eigenvalue weighted by Crippen LogP contribution is -2.67. The van der Waals surface area contributed by atoms with Gasteiger partial charge in [-0.15, -0.1) is 10.2 Å². The second kappa shape index (κ2) is 17.4. The molecule has 0 spiro atoms. The van der Waals surface area contributed by atoms with Crippen molar-refractivity contribution in [2.45, 2.75) is 103 Å². The zero-order valence-electron chi connectivity index (χ0n) is 31.2. The molecule has 0 fully saturated rings. The van der Waals surface area contributed by atoms with Crippen LogP contribution in [-0.4, -0.2) is 73.4 Å². The maximum absolute atomic E-state index is 14.7. The van der Waals surface area contributed by atoms with E-state index >= 15 is 0 Å². The standard InChI is InChI=1S/C38H47F4N9O4/c1-5-21(3)31(34(53)43-18-10-15-29-48-50-51-49-29)46-36(55)37(17-16-28-25(20-37)24-12-9-13-26(33(24)44-28)38(40,41)42)47-35(54)32(22(4)6-2)45-30(52)19-23-11-7-8-14-27(23)39/h7-9,11-14,21-22,31-32,44H,5-6,10,15-20H2,1-4H3,(H,43,53)(H,45,52)(H,46,55)(H,47,54)(H,48,49,50,51)/t21-,22?,31?,32-,37+/m0/s1. The molecule has 13 nitrogen and oxygen atoms in total. The van der Waals surface area contributed by atoms with E-state index in [2.05, 4.69) is 46.9 Å². The number of hydrogen-bond donors (Lipinski definition) is 6. The molecule has 4 amide bonds. The number of carbonyl (C=O) groups excluding carboxylic acids is 4. The van der Waals surface area contributed by atoms with Crippen LogP contribution >= 0.6 is 0 Å². The van der Waals surface area contributed by atoms with Crippen LogP contribution in [0.5, 0.6) is 0 Å². The molecule has 1 aliphatic rings. The van der Waals surface area contributed by atoms with E-state index in [1.807, 2.05) is 13.8 Å². The van der Waals surface area contributed by atoms with Gasteiger partial charge in [0.2, 0.25) is 23.6 Å². The Morgan fingerprint density at radius 2 is 1.65 bits per heavy atom. The van der Waals surface area contributed by atoms with Gasteiger partial charge in [0.25, 0.3) is 0 Å². The van der Waals surface area contributed by atoms with Gasteiger partial charge in [0.1, 0.15) is 23.4 Å². The van der Waals surface area contributed by atoms with Gasteiger partial charge in [-0.05, 0) is 54.4 Å². The smallest absolute Gasteiger partial charge is 0.358 e. The largest absolute Gasteiger partial charge is 0.418 e. The number of halogens is 4. The molecule has 0 saturated carbocycles. The van der Waals surface area contributed by atoms with Crippen molar-refractivity contribution in [3.05, 3.63) is 76.5 Å². The van der Waals surface area contributed by atoms with Crippen LogP contribution in [0.3, 0.4) is 0 Å². The second-order valence-corrected chi connectivity index (χ2v) is 14.3. The Kier molecular flexibility index (Phi) is 12.9. The number of hydrogen-bond acceptors (Lipinski definition) is 7. The summed E-state index contributed by atoms with van der Waals surface area (Å²) in [6, 6.07) is 7.41. The highest BCUT2D eigenvalue weighted by Crippen LogP contribution is 2.40. The highest BCUT2D eigenvalue weighted by atomic mass is 19.4. The van der Waals surface area contributed by atoms with Crippen LogP contribution in [0.25, 0.3) is 10.9 Å². The van der Waals surface area contributed by atoms with Crippen molar-refractivity contribution in [3.8, 4) is 0 Å².